The molecule has 1 saturated heterocycles. The maximum atomic E-state index is 11.6. The van der Waals surface area contributed by atoms with Gasteiger partial charge in [-0.2, -0.15) is 0 Å². The molecular weight excluding hydrogens is 414 g/mol. The van der Waals surface area contributed by atoms with Gasteiger partial charge in [-0.15, -0.1) is 10.2 Å². The Morgan fingerprint density at radius 1 is 1.00 bits per heavy atom. The molecule has 2 aromatic heterocycles. The zero-order valence-corrected chi connectivity index (χ0v) is 18.0. The lowest BCUT2D eigenvalue weighted by Crippen LogP contribution is -2.17. The van der Waals surface area contributed by atoms with Crippen molar-refractivity contribution in [1.82, 2.24) is 9.97 Å². The Kier molecular flexibility index (Phi) is 5.10. The third-order valence-corrected chi connectivity index (χ3v) is 6.93. The van der Waals surface area contributed by atoms with Crippen molar-refractivity contribution in [2.45, 2.75) is 19.8 Å². The van der Waals surface area contributed by atoms with Crippen LogP contribution in [0.15, 0.2) is 58.8 Å². The third kappa shape index (κ3) is 3.76. The second-order valence-corrected chi connectivity index (χ2v) is 9.11. The molecule has 0 radical (unpaired) electrons. The number of hydrogen-bond donors (Lipinski definition) is 0. The Labute approximate surface area is 181 Å². The lowest BCUT2D eigenvalue weighted by molar-refractivity contribution is 0.101. The van der Waals surface area contributed by atoms with E-state index in [0.717, 1.165) is 44.7 Å². The number of aromatic nitrogens is 2. The number of azo groups is 1. The summed E-state index contributed by atoms with van der Waals surface area (Å²) in [5.74, 6) is 0.0417. The van der Waals surface area contributed by atoms with E-state index in [1.54, 1.807) is 24.3 Å². The van der Waals surface area contributed by atoms with Gasteiger partial charge >= 0.3 is 0 Å². The van der Waals surface area contributed by atoms with Crippen LogP contribution in [0.5, 0.6) is 0 Å². The Morgan fingerprint density at radius 2 is 1.80 bits per heavy atom. The molecule has 0 aliphatic carbocycles. The largest absolute Gasteiger partial charge is 0.348 e. The highest BCUT2D eigenvalue weighted by atomic mass is 32.1. The van der Waals surface area contributed by atoms with E-state index in [2.05, 4.69) is 20.1 Å². The molecule has 6 nitrogen and oxygen atoms in total. The van der Waals surface area contributed by atoms with E-state index in [1.165, 1.54) is 24.2 Å². The number of fused-ring (bicyclic) bond motifs is 1. The fourth-order valence-electron chi connectivity index (χ4n) is 3.46. The highest BCUT2D eigenvalue weighted by Gasteiger charge is 2.20. The van der Waals surface area contributed by atoms with Gasteiger partial charge in [0, 0.05) is 24.2 Å². The summed E-state index contributed by atoms with van der Waals surface area (Å²) in [6.07, 6.45) is 2.40. The van der Waals surface area contributed by atoms with Gasteiger partial charge in [-0.25, -0.2) is 9.97 Å². The zero-order chi connectivity index (χ0) is 20.5. The molecule has 0 saturated carbocycles. The molecule has 1 aliphatic heterocycles. The molecule has 3 heterocycles. The number of benzene rings is 2. The topological polar surface area (TPSA) is 70.8 Å². The summed E-state index contributed by atoms with van der Waals surface area (Å²) >= 11 is 3.00. The van der Waals surface area contributed by atoms with E-state index < -0.39 is 0 Å². The Balaban J connectivity index is 1.50. The van der Waals surface area contributed by atoms with Crippen LogP contribution in [0.1, 0.15) is 30.1 Å². The van der Waals surface area contributed by atoms with Crippen molar-refractivity contribution in [2.24, 2.45) is 10.2 Å². The van der Waals surface area contributed by atoms with Gasteiger partial charge in [0.05, 0.1) is 10.2 Å². The monoisotopic (exact) mass is 433 g/mol. The number of nitrogens with zero attached hydrogens (tertiary/aromatic N) is 5. The summed E-state index contributed by atoms with van der Waals surface area (Å²) in [6, 6.07) is 15.6. The van der Waals surface area contributed by atoms with Crippen LogP contribution in [-0.2, 0) is 0 Å². The van der Waals surface area contributed by atoms with Gasteiger partial charge in [0.15, 0.2) is 15.9 Å². The number of rotatable bonds is 5. The van der Waals surface area contributed by atoms with Crippen LogP contribution < -0.4 is 4.90 Å². The second-order valence-electron chi connectivity index (χ2n) is 7.15. The predicted octanol–water partition coefficient (Wildman–Crippen LogP) is 6.64. The maximum Gasteiger partial charge on any atom is 0.231 e. The summed E-state index contributed by atoms with van der Waals surface area (Å²) in [7, 11) is 0. The smallest absolute Gasteiger partial charge is 0.231 e. The molecule has 0 N–H and O–H groups in total. The van der Waals surface area contributed by atoms with E-state index >= 15 is 0 Å². The van der Waals surface area contributed by atoms with Crippen LogP contribution in [0.4, 0.5) is 15.3 Å². The number of Topliss-reactive ketones (excluding diaryl/α,β-unsaturated/α-hetero) is 1. The molecule has 8 heteroatoms. The number of ketones is 1. The quantitative estimate of drug-likeness (QED) is 0.261. The van der Waals surface area contributed by atoms with Crippen molar-refractivity contribution in [2.75, 3.05) is 18.0 Å². The second kappa shape index (κ2) is 8.04. The molecule has 5 rings (SSSR count). The standard InChI is InChI=1S/C22H19N5OS2/c1-14(28)16-9-10-17-18(13-16)29-21(23-17)26-25-20-19(15-7-3-2-4-8-15)24-22(30-20)27-11-5-6-12-27/h2-4,7-10,13H,5-6,11-12H2,1H3. The maximum absolute atomic E-state index is 11.6. The summed E-state index contributed by atoms with van der Waals surface area (Å²) < 4.78 is 0.932. The SMILES string of the molecule is CC(=O)c1ccc2nc(N=Nc3sc(N4CCCC4)nc3-c3ccccc3)sc2c1. The van der Waals surface area contributed by atoms with E-state index in [4.69, 9.17) is 4.98 Å². The minimum Gasteiger partial charge on any atom is -0.348 e. The Bertz CT molecular complexity index is 1240. The summed E-state index contributed by atoms with van der Waals surface area (Å²) in [6.45, 7) is 3.64. The molecule has 0 unspecified atom stereocenters. The van der Waals surface area contributed by atoms with Crippen LogP contribution in [0.25, 0.3) is 21.5 Å². The van der Waals surface area contributed by atoms with Crippen LogP contribution in [0.3, 0.4) is 0 Å². The van der Waals surface area contributed by atoms with Gasteiger partial charge in [0.2, 0.25) is 5.13 Å². The molecule has 0 bridgehead atoms. The molecule has 1 fully saturated rings. The minimum absolute atomic E-state index is 0.0417. The molecule has 150 valence electrons. The summed E-state index contributed by atoms with van der Waals surface area (Å²) in [4.78, 5) is 23.4. The van der Waals surface area contributed by atoms with Crippen molar-refractivity contribution >= 4 is 53.9 Å². The van der Waals surface area contributed by atoms with Gasteiger partial charge < -0.3 is 4.90 Å². The lowest BCUT2D eigenvalue weighted by atomic mass is 10.1. The first-order valence-electron chi connectivity index (χ1n) is 9.82. The molecular formula is C22H19N5OS2. The Hall–Kier alpha value is -2.97. The first kappa shape index (κ1) is 19.0. The molecule has 0 amide bonds. The normalized spacial score (nSPS) is 14.2. The van der Waals surface area contributed by atoms with Crippen molar-refractivity contribution in [3.05, 3.63) is 54.1 Å². The predicted molar refractivity (Wildman–Crippen MR) is 123 cm³/mol. The molecule has 0 spiro atoms. The molecule has 30 heavy (non-hydrogen) atoms. The molecule has 1 aliphatic rings. The van der Waals surface area contributed by atoms with E-state index in [9.17, 15) is 4.79 Å². The number of carbonyl (C=O) groups excluding carboxylic acids is 1. The molecule has 4 aromatic rings. The van der Waals surface area contributed by atoms with E-state index in [1.807, 2.05) is 42.5 Å². The van der Waals surface area contributed by atoms with Crippen LogP contribution in [-0.4, -0.2) is 28.8 Å². The van der Waals surface area contributed by atoms with Crippen molar-refractivity contribution in [3.63, 3.8) is 0 Å². The third-order valence-electron chi connectivity index (χ3n) is 5.03. The summed E-state index contributed by atoms with van der Waals surface area (Å²) in [5, 5.41) is 11.3. The highest BCUT2D eigenvalue weighted by Crippen LogP contribution is 2.41. The van der Waals surface area contributed by atoms with Crippen LogP contribution in [0, 0.1) is 0 Å². The Morgan fingerprint density at radius 3 is 2.57 bits per heavy atom. The van der Waals surface area contributed by atoms with E-state index in [-0.39, 0.29) is 5.78 Å². The average Bonchev–Trinajstić information content (AvgIpc) is 3.51. The lowest BCUT2D eigenvalue weighted by Gasteiger charge is -2.11. The number of thiazole rings is 2. The number of hydrogen-bond acceptors (Lipinski definition) is 8. The average molecular weight is 434 g/mol. The number of carbonyl (C=O) groups is 1. The van der Waals surface area contributed by atoms with Crippen LogP contribution >= 0.6 is 22.7 Å². The van der Waals surface area contributed by atoms with Crippen molar-refractivity contribution < 1.29 is 4.79 Å². The van der Waals surface area contributed by atoms with Gasteiger partial charge in [0.1, 0.15) is 5.69 Å². The van der Waals surface area contributed by atoms with Gasteiger partial charge in [0.25, 0.3) is 0 Å². The molecule has 0 atom stereocenters. The first-order chi connectivity index (χ1) is 14.7. The highest BCUT2D eigenvalue weighted by molar-refractivity contribution is 7.22. The minimum atomic E-state index is 0.0417. The fraction of sp³-hybridized carbons (Fsp3) is 0.227. The summed E-state index contributed by atoms with van der Waals surface area (Å²) in [5.41, 5.74) is 3.39. The van der Waals surface area contributed by atoms with Crippen molar-refractivity contribution in [1.29, 1.82) is 0 Å². The van der Waals surface area contributed by atoms with E-state index in [0.29, 0.717) is 10.7 Å². The van der Waals surface area contributed by atoms with Gasteiger partial charge in [-0.05, 0) is 38.0 Å². The molecule has 2 aromatic carbocycles. The van der Waals surface area contributed by atoms with Crippen molar-refractivity contribution in [3.8, 4) is 11.3 Å². The van der Waals surface area contributed by atoms with Gasteiger partial charge in [-0.3, -0.25) is 4.79 Å². The fourth-order valence-corrected chi connectivity index (χ4v) is 5.25. The number of anilines is 1. The van der Waals surface area contributed by atoms with Gasteiger partial charge in [-0.1, -0.05) is 53.0 Å². The zero-order valence-electron chi connectivity index (χ0n) is 16.4. The van der Waals surface area contributed by atoms with Crippen LogP contribution in [0.2, 0.25) is 0 Å². The first-order valence-corrected chi connectivity index (χ1v) is 11.5.